The molecule has 5 heteroatoms. The minimum atomic E-state index is -0.368. The highest BCUT2D eigenvalue weighted by Crippen LogP contribution is 2.14. The Hall–Kier alpha value is -1.36. The molecule has 2 N–H and O–H groups in total. The third-order valence-electron chi connectivity index (χ3n) is 2.28. The highest BCUT2D eigenvalue weighted by molar-refractivity contribution is 9.10. The van der Waals surface area contributed by atoms with Crippen molar-refractivity contribution in [1.82, 2.24) is 10.3 Å². The van der Waals surface area contributed by atoms with E-state index in [0.29, 0.717) is 13.0 Å². The summed E-state index contributed by atoms with van der Waals surface area (Å²) < 4.78 is 0.746. The number of halogens is 1. The summed E-state index contributed by atoms with van der Waals surface area (Å²) in [4.78, 5) is 26.1. The van der Waals surface area contributed by atoms with Gasteiger partial charge in [-0.25, -0.2) is 0 Å². The minimum Gasteiger partial charge on any atom is -0.348 e. The lowest BCUT2D eigenvalue weighted by Gasteiger charge is -2.05. The number of rotatable bonds is 4. The topological polar surface area (TPSA) is 62.0 Å². The van der Waals surface area contributed by atoms with Crippen LogP contribution >= 0.6 is 15.9 Å². The molecular weight excluding hydrogens is 284 g/mol. The van der Waals surface area contributed by atoms with Crippen molar-refractivity contribution in [2.45, 2.75) is 20.3 Å². The zero-order valence-corrected chi connectivity index (χ0v) is 11.4. The number of H-pyrrole nitrogens is 1. The summed E-state index contributed by atoms with van der Waals surface area (Å²) in [6, 6.07) is 1.56. The average molecular weight is 299 g/mol. The Morgan fingerprint density at radius 2 is 2.29 bits per heavy atom. The van der Waals surface area contributed by atoms with Crippen LogP contribution in [-0.2, 0) is 6.42 Å². The van der Waals surface area contributed by atoms with E-state index in [1.54, 1.807) is 6.07 Å². The van der Waals surface area contributed by atoms with E-state index in [4.69, 9.17) is 0 Å². The fraction of sp³-hybridized carbons (Fsp3) is 0.333. The van der Waals surface area contributed by atoms with Crippen LogP contribution in [0, 0.1) is 0 Å². The molecule has 1 aromatic rings. The first-order valence-corrected chi connectivity index (χ1v) is 6.20. The highest BCUT2D eigenvalue weighted by Gasteiger charge is 2.12. The van der Waals surface area contributed by atoms with Gasteiger partial charge in [0.05, 0.1) is 0 Å². The maximum absolute atomic E-state index is 11.7. The van der Waals surface area contributed by atoms with Gasteiger partial charge in [-0.05, 0) is 35.3 Å². The second-order valence-corrected chi connectivity index (χ2v) is 4.33. The Balaban J connectivity index is 2.95. The van der Waals surface area contributed by atoms with Gasteiger partial charge in [-0.3, -0.25) is 9.59 Å². The van der Waals surface area contributed by atoms with Crippen molar-refractivity contribution in [2.24, 2.45) is 0 Å². The van der Waals surface area contributed by atoms with Gasteiger partial charge in [-0.1, -0.05) is 19.1 Å². The molecule has 92 valence electrons. The summed E-state index contributed by atoms with van der Waals surface area (Å²) >= 11 is 3.33. The molecule has 0 saturated carbocycles. The SMILES string of the molecule is C/C=C/CNC(=O)c1cc(Br)c(CC)[nH]c1=O. The van der Waals surface area contributed by atoms with Crippen LogP contribution in [0.3, 0.4) is 0 Å². The van der Waals surface area contributed by atoms with E-state index in [9.17, 15) is 9.59 Å². The van der Waals surface area contributed by atoms with Gasteiger partial charge in [-0.2, -0.15) is 0 Å². The minimum absolute atomic E-state index is 0.124. The number of nitrogens with one attached hydrogen (secondary N) is 2. The second-order valence-electron chi connectivity index (χ2n) is 3.47. The van der Waals surface area contributed by atoms with E-state index in [1.165, 1.54) is 0 Å². The highest BCUT2D eigenvalue weighted by atomic mass is 79.9. The zero-order chi connectivity index (χ0) is 12.8. The fourth-order valence-electron chi connectivity index (χ4n) is 1.33. The molecule has 0 bridgehead atoms. The van der Waals surface area contributed by atoms with Gasteiger partial charge in [0.2, 0.25) is 0 Å². The number of pyridine rings is 1. The van der Waals surface area contributed by atoms with E-state index in [0.717, 1.165) is 10.2 Å². The monoisotopic (exact) mass is 298 g/mol. The number of carbonyl (C=O) groups excluding carboxylic acids is 1. The zero-order valence-electron chi connectivity index (χ0n) is 9.84. The van der Waals surface area contributed by atoms with Crippen molar-refractivity contribution in [3.8, 4) is 0 Å². The number of aryl methyl sites for hydroxylation is 1. The second kappa shape index (κ2) is 6.39. The van der Waals surface area contributed by atoms with Crippen molar-refractivity contribution in [1.29, 1.82) is 0 Å². The standard InChI is InChI=1S/C12H15BrN2O2/c1-3-5-6-14-11(16)8-7-9(13)10(4-2)15-12(8)17/h3,5,7H,4,6H2,1-2H3,(H,14,16)(H,15,17)/b5-3+. The predicted octanol–water partition coefficient (Wildman–Crippen LogP) is 2.01. The number of aromatic amines is 1. The van der Waals surface area contributed by atoms with E-state index < -0.39 is 0 Å². The number of carbonyl (C=O) groups is 1. The average Bonchev–Trinajstić information content (AvgIpc) is 2.31. The van der Waals surface area contributed by atoms with Crippen molar-refractivity contribution in [3.05, 3.63) is 44.3 Å². The molecule has 4 nitrogen and oxygen atoms in total. The molecule has 0 saturated heterocycles. The number of aromatic nitrogens is 1. The van der Waals surface area contributed by atoms with Crippen LogP contribution in [0.1, 0.15) is 29.9 Å². The van der Waals surface area contributed by atoms with Gasteiger partial charge in [0.25, 0.3) is 11.5 Å². The molecule has 1 heterocycles. The summed E-state index contributed by atoms with van der Waals surface area (Å²) in [5, 5.41) is 2.64. The van der Waals surface area contributed by atoms with Crippen molar-refractivity contribution in [3.63, 3.8) is 0 Å². The maximum atomic E-state index is 11.7. The maximum Gasteiger partial charge on any atom is 0.261 e. The lowest BCUT2D eigenvalue weighted by molar-refractivity contribution is 0.0956. The Labute approximate surface area is 108 Å². The van der Waals surface area contributed by atoms with Crippen molar-refractivity contribution in [2.75, 3.05) is 6.54 Å². The molecule has 0 atom stereocenters. The van der Waals surface area contributed by atoms with E-state index >= 15 is 0 Å². The van der Waals surface area contributed by atoms with E-state index in [1.807, 2.05) is 26.0 Å². The molecule has 0 aliphatic carbocycles. The molecule has 0 unspecified atom stereocenters. The molecule has 1 aromatic heterocycles. The molecule has 0 spiro atoms. The van der Waals surface area contributed by atoms with E-state index in [-0.39, 0.29) is 17.0 Å². The first-order valence-electron chi connectivity index (χ1n) is 5.41. The van der Waals surface area contributed by atoms with Gasteiger partial charge in [0, 0.05) is 16.7 Å². The number of amides is 1. The first kappa shape index (κ1) is 13.7. The van der Waals surface area contributed by atoms with Crippen LogP contribution in [0.15, 0.2) is 27.5 Å². The quantitative estimate of drug-likeness (QED) is 0.835. The molecule has 0 aliphatic rings. The van der Waals surface area contributed by atoms with Gasteiger partial charge in [0.1, 0.15) is 5.56 Å². The van der Waals surface area contributed by atoms with Crippen LogP contribution in [0.4, 0.5) is 0 Å². The molecule has 0 radical (unpaired) electrons. The third kappa shape index (κ3) is 3.56. The predicted molar refractivity (Wildman–Crippen MR) is 71.3 cm³/mol. The lowest BCUT2D eigenvalue weighted by Crippen LogP contribution is -2.30. The first-order chi connectivity index (χ1) is 8.10. The molecule has 0 aliphatic heterocycles. The number of hydrogen-bond acceptors (Lipinski definition) is 2. The fourth-order valence-corrected chi connectivity index (χ4v) is 1.94. The Kier molecular flexibility index (Phi) is 5.15. The molecule has 0 aromatic carbocycles. The van der Waals surface area contributed by atoms with Crippen LogP contribution in [0.25, 0.3) is 0 Å². The van der Waals surface area contributed by atoms with Gasteiger partial charge >= 0.3 is 0 Å². The molecular formula is C12H15BrN2O2. The van der Waals surface area contributed by atoms with Crippen molar-refractivity contribution >= 4 is 21.8 Å². The Bertz CT molecular complexity index is 492. The molecule has 0 fully saturated rings. The molecule has 1 rings (SSSR count). The number of allylic oxidation sites excluding steroid dienone is 1. The summed E-state index contributed by atoms with van der Waals surface area (Å²) in [7, 11) is 0. The summed E-state index contributed by atoms with van der Waals surface area (Å²) in [6.45, 7) is 4.22. The molecule has 17 heavy (non-hydrogen) atoms. The van der Waals surface area contributed by atoms with Gasteiger partial charge in [0.15, 0.2) is 0 Å². The van der Waals surface area contributed by atoms with Crippen molar-refractivity contribution < 1.29 is 4.79 Å². The number of hydrogen-bond donors (Lipinski definition) is 2. The Morgan fingerprint density at radius 3 is 2.88 bits per heavy atom. The van der Waals surface area contributed by atoms with Crippen LogP contribution in [0.2, 0.25) is 0 Å². The van der Waals surface area contributed by atoms with Crippen LogP contribution in [0.5, 0.6) is 0 Å². The Morgan fingerprint density at radius 1 is 1.59 bits per heavy atom. The van der Waals surface area contributed by atoms with E-state index in [2.05, 4.69) is 26.2 Å². The summed E-state index contributed by atoms with van der Waals surface area (Å²) in [6.07, 6.45) is 4.35. The third-order valence-corrected chi connectivity index (χ3v) is 2.99. The summed E-state index contributed by atoms with van der Waals surface area (Å²) in [5.74, 6) is -0.368. The normalized spacial score (nSPS) is 10.8. The summed E-state index contributed by atoms with van der Waals surface area (Å²) in [5.41, 5.74) is 0.557. The van der Waals surface area contributed by atoms with Crippen LogP contribution in [-0.4, -0.2) is 17.4 Å². The van der Waals surface area contributed by atoms with Crippen LogP contribution < -0.4 is 10.9 Å². The van der Waals surface area contributed by atoms with Gasteiger partial charge in [-0.15, -0.1) is 0 Å². The smallest absolute Gasteiger partial charge is 0.261 e. The largest absolute Gasteiger partial charge is 0.348 e. The molecule has 1 amide bonds. The lowest BCUT2D eigenvalue weighted by atomic mass is 10.2. The van der Waals surface area contributed by atoms with Gasteiger partial charge < -0.3 is 10.3 Å².